The van der Waals surface area contributed by atoms with Crippen LogP contribution in [0.2, 0.25) is 0 Å². The van der Waals surface area contributed by atoms with Crippen molar-refractivity contribution in [2.75, 3.05) is 16.0 Å². The fraction of sp³-hybridized carbons (Fsp3) is 0.421. The van der Waals surface area contributed by atoms with Crippen LogP contribution in [0.25, 0.3) is 0 Å². The van der Waals surface area contributed by atoms with Gasteiger partial charge in [0.05, 0.1) is 35.5 Å². The van der Waals surface area contributed by atoms with E-state index in [1.807, 2.05) is 28.9 Å². The first-order valence-electron chi connectivity index (χ1n) is 9.26. The van der Waals surface area contributed by atoms with Crippen molar-refractivity contribution >= 4 is 56.7 Å². The topological polar surface area (TPSA) is 122 Å². The Labute approximate surface area is 187 Å². The third-order valence-electron chi connectivity index (χ3n) is 4.88. The number of anilines is 2. The average molecular weight is 529 g/mol. The van der Waals surface area contributed by atoms with E-state index in [9.17, 15) is 4.79 Å². The highest BCUT2D eigenvalue weighted by molar-refractivity contribution is 14.1. The Morgan fingerprint density at radius 2 is 2.10 bits per heavy atom. The molecule has 0 aromatic carbocycles. The maximum atomic E-state index is 12.0. The zero-order valence-electron chi connectivity index (χ0n) is 16.3. The van der Waals surface area contributed by atoms with Gasteiger partial charge in [-0.25, -0.2) is 9.78 Å². The van der Waals surface area contributed by atoms with Crippen molar-refractivity contribution in [1.29, 1.82) is 5.41 Å². The predicted molar refractivity (Wildman–Crippen MR) is 124 cm³/mol. The van der Waals surface area contributed by atoms with Crippen LogP contribution in [-0.2, 0) is 4.74 Å². The maximum absolute atomic E-state index is 12.0. The molecule has 2 heterocycles. The van der Waals surface area contributed by atoms with Crippen LogP contribution in [0.4, 0.5) is 10.7 Å². The highest BCUT2D eigenvalue weighted by atomic mass is 127. The summed E-state index contributed by atoms with van der Waals surface area (Å²) in [6, 6.07) is 3.86. The molecule has 0 bridgehead atoms. The van der Waals surface area contributed by atoms with Crippen LogP contribution in [-0.4, -0.2) is 36.0 Å². The molecule has 2 aromatic rings. The second kappa shape index (κ2) is 9.72. The lowest BCUT2D eigenvalue weighted by molar-refractivity contribution is 0.0605. The van der Waals surface area contributed by atoms with E-state index in [2.05, 4.69) is 13.8 Å². The zero-order chi connectivity index (χ0) is 21.0. The van der Waals surface area contributed by atoms with Crippen LogP contribution < -0.4 is 19.3 Å². The molecule has 1 saturated carbocycles. The Bertz CT molecular complexity index is 896. The maximum Gasteiger partial charge on any atom is 0.348 e. The van der Waals surface area contributed by atoms with E-state index in [4.69, 9.17) is 20.6 Å². The molecule has 0 amide bonds. The first-order chi connectivity index (χ1) is 13.9. The number of hydrogen-bond acceptors (Lipinski definition) is 8. The van der Waals surface area contributed by atoms with Crippen LogP contribution in [0.15, 0.2) is 18.3 Å². The smallest absolute Gasteiger partial charge is 0.348 e. The molecule has 1 fully saturated rings. The standard InChI is InChI=1S/C19H24IN5O3S/c1-10-14(18(25-20)29-15(10)19(26)27-2)16(22)24-13-4-3-9-23-17(13)28-12-7-5-11(21)6-8-12/h3-4,9,11-12,25H,5-8,21H2,1-2H3,(H2,22,24)/t11-,12-. The molecule has 0 atom stereocenters. The van der Waals surface area contributed by atoms with Crippen molar-refractivity contribution in [1.82, 2.24) is 4.98 Å². The molecule has 0 spiro atoms. The minimum absolute atomic E-state index is 0.0693. The van der Waals surface area contributed by atoms with Gasteiger partial charge in [0.1, 0.15) is 27.5 Å². The average Bonchev–Trinajstić information content (AvgIpc) is 3.07. The van der Waals surface area contributed by atoms with Gasteiger partial charge in [0.25, 0.3) is 0 Å². The number of carbonyl (C=O) groups is 1. The molecule has 0 radical (unpaired) electrons. The molecular formula is C19H24IN5O3S. The van der Waals surface area contributed by atoms with Crippen LogP contribution in [0, 0.1) is 12.3 Å². The number of ether oxygens (including phenoxy) is 2. The van der Waals surface area contributed by atoms with Crippen LogP contribution >= 0.6 is 34.2 Å². The van der Waals surface area contributed by atoms with E-state index >= 15 is 0 Å². The summed E-state index contributed by atoms with van der Waals surface area (Å²) in [5.41, 5.74) is 7.88. The summed E-state index contributed by atoms with van der Waals surface area (Å²) in [6.45, 7) is 1.80. The number of amidine groups is 1. The number of rotatable bonds is 6. The minimum atomic E-state index is -0.416. The molecule has 10 heteroatoms. The summed E-state index contributed by atoms with van der Waals surface area (Å²) in [5.74, 6) is 0.194. The van der Waals surface area contributed by atoms with E-state index in [1.54, 1.807) is 19.2 Å². The second-order valence-corrected chi connectivity index (χ2v) is 8.42. The van der Waals surface area contributed by atoms with Gasteiger partial charge >= 0.3 is 5.97 Å². The van der Waals surface area contributed by atoms with Crippen molar-refractivity contribution in [2.45, 2.75) is 44.8 Å². The van der Waals surface area contributed by atoms with Crippen molar-refractivity contribution in [3.8, 4) is 5.88 Å². The molecule has 156 valence electrons. The number of aromatic nitrogens is 1. The normalized spacial score (nSPS) is 18.8. The lowest BCUT2D eigenvalue weighted by Crippen LogP contribution is -2.32. The van der Waals surface area contributed by atoms with Crippen molar-refractivity contribution in [2.24, 2.45) is 5.73 Å². The molecule has 0 aliphatic heterocycles. The second-order valence-electron chi connectivity index (χ2n) is 6.86. The van der Waals surface area contributed by atoms with Gasteiger partial charge in [-0.2, -0.15) is 0 Å². The Kier molecular flexibility index (Phi) is 7.30. The summed E-state index contributed by atoms with van der Waals surface area (Å²) in [4.78, 5) is 16.8. The third-order valence-corrected chi connectivity index (χ3v) is 6.97. The number of nitrogens with two attached hydrogens (primary N) is 1. The van der Waals surface area contributed by atoms with Crippen LogP contribution in [0.1, 0.15) is 46.5 Å². The molecule has 29 heavy (non-hydrogen) atoms. The van der Waals surface area contributed by atoms with E-state index < -0.39 is 5.97 Å². The fourth-order valence-electron chi connectivity index (χ4n) is 3.31. The molecule has 8 nitrogen and oxygen atoms in total. The lowest BCUT2D eigenvalue weighted by atomic mass is 9.94. The molecule has 1 aliphatic rings. The van der Waals surface area contributed by atoms with Gasteiger partial charge in [-0.15, -0.1) is 11.3 Å². The van der Waals surface area contributed by atoms with Gasteiger partial charge in [-0.1, -0.05) is 0 Å². The Morgan fingerprint density at radius 1 is 1.38 bits per heavy atom. The molecule has 0 unspecified atom stereocenters. The monoisotopic (exact) mass is 529 g/mol. The van der Waals surface area contributed by atoms with Gasteiger partial charge in [-0.3, -0.25) is 5.41 Å². The number of esters is 1. The highest BCUT2D eigenvalue weighted by Gasteiger charge is 2.25. The Morgan fingerprint density at radius 3 is 2.76 bits per heavy atom. The Hall–Kier alpha value is -1.92. The molecule has 1 aliphatic carbocycles. The first kappa shape index (κ1) is 21.8. The number of nitrogens with zero attached hydrogens (tertiary/aromatic N) is 1. The van der Waals surface area contributed by atoms with E-state index in [0.29, 0.717) is 32.6 Å². The molecular weight excluding hydrogens is 505 g/mol. The van der Waals surface area contributed by atoms with Gasteiger partial charge in [0.2, 0.25) is 5.88 Å². The number of thiophene rings is 1. The number of pyridine rings is 1. The number of carbonyl (C=O) groups excluding carboxylic acids is 1. The van der Waals surface area contributed by atoms with Crippen molar-refractivity contribution in [3.05, 3.63) is 34.3 Å². The van der Waals surface area contributed by atoms with E-state index in [1.165, 1.54) is 18.4 Å². The van der Waals surface area contributed by atoms with Crippen molar-refractivity contribution in [3.63, 3.8) is 0 Å². The number of nitrogens with one attached hydrogen (secondary N) is 3. The number of halogens is 1. The third kappa shape index (κ3) is 4.98. The molecule has 3 rings (SSSR count). The summed E-state index contributed by atoms with van der Waals surface area (Å²) < 4.78 is 14.0. The van der Waals surface area contributed by atoms with Gasteiger partial charge in [-0.05, 0) is 50.3 Å². The van der Waals surface area contributed by atoms with Gasteiger partial charge in [0.15, 0.2) is 0 Å². The van der Waals surface area contributed by atoms with E-state index in [0.717, 1.165) is 25.7 Å². The summed E-state index contributed by atoms with van der Waals surface area (Å²) in [6.07, 6.45) is 5.39. The Balaban J connectivity index is 1.81. The summed E-state index contributed by atoms with van der Waals surface area (Å²) in [7, 11) is 1.35. The van der Waals surface area contributed by atoms with Crippen LogP contribution in [0.5, 0.6) is 5.88 Å². The molecule has 2 aromatic heterocycles. The number of methoxy groups -OCH3 is 1. The molecule has 5 N–H and O–H groups in total. The largest absolute Gasteiger partial charge is 0.473 e. The summed E-state index contributed by atoms with van der Waals surface area (Å²) in [5, 5.41) is 12.4. The lowest BCUT2D eigenvalue weighted by Gasteiger charge is -2.27. The van der Waals surface area contributed by atoms with E-state index in [-0.39, 0.29) is 18.0 Å². The van der Waals surface area contributed by atoms with Gasteiger partial charge in [0, 0.05) is 12.2 Å². The number of hydrogen-bond donors (Lipinski definition) is 4. The summed E-state index contributed by atoms with van der Waals surface area (Å²) >= 11 is 3.25. The highest BCUT2D eigenvalue weighted by Crippen LogP contribution is 2.35. The van der Waals surface area contributed by atoms with Gasteiger partial charge < -0.3 is 24.1 Å². The zero-order valence-corrected chi connectivity index (χ0v) is 19.2. The SMILES string of the molecule is COC(=O)c1sc(NI)c(C(=N)Nc2cccnc2O[C@H]2CC[C@H](N)CC2)c1C. The molecule has 0 saturated heterocycles. The predicted octanol–water partition coefficient (Wildman–Crippen LogP) is 4.09. The minimum Gasteiger partial charge on any atom is -0.473 e. The first-order valence-corrected chi connectivity index (χ1v) is 11.2. The quantitative estimate of drug-likeness (QED) is 0.146. The van der Waals surface area contributed by atoms with Crippen molar-refractivity contribution < 1.29 is 14.3 Å². The fourth-order valence-corrected chi connectivity index (χ4v) is 4.93. The van der Waals surface area contributed by atoms with Crippen LogP contribution in [0.3, 0.4) is 0 Å².